The lowest BCUT2D eigenvalue weighted by atomic mass is 9.70. The summed E-state index contributed by atoms with van der Waals surface area (Å²) >= 11 is 0. The van der Waals surface area contributed by atoms with E-state index < -0.39 is 150 Å². The Bertz CT molecular complexity index is 1930. The minimum absolute atomic E-state index is 0.119. The van der Waals surface area contributed by atoms with Crippen molar-refractivity contribution in [2.45, 2.75) is 81.8 Å². The van der Waals surface area contributed by atoms with Crippen LogP contribution in [-0.4, -0.2) is 149 Å². The molecule has 0 spiro atoms. The van der Waals surface area contributed by atoms with E-state index in [1.165, 1.54) is 4.90 Å². The van der Waals surface area contributed by atoms with Crippen molar-refractivity contribution in [3.8, 4) is 28.7 Å². The lowest BCUT2D eigenvalue weighted by Crippen LogP contribution is -2.90. The highest BCUT2D eigenvalue weighted by atomic mass is 19.4. The summed E-state index contributed by atoms with van der Waals surface area (Å²) in [4.78, 5) is 27.2. The number of carbonyl (C=O) groups excluding carboxylic acids is 2. The van der Waals surface area contributed by atoms with Crippen LogP contribution >= 0.6 is 0 Å². The first-order valence-electron chi connectivity index (χ1n) is 16.3. The summed E-state index contributed by atoms with van der Waals surface area (Å²) in [6.45, 7) is 1.94. The lowest BCUT2D eigenvalue weighted by molar-refractivity contribution is -0.486. The van der Waals surface area contributed by atoms with Crippen molar-refractivity contribution < 1.29 is 102 Å². The number of piperidine rings is 1. The highest BCUT2D eigenvalue weighted by Crippen LogP contribution is 2.59. The van der Waals surface area contributed by atoms with Crippen LogP contribution in [0.25, 0.3) is 0 Å². The predicted molar refractivity (Wildman–Crippen MR) is 172 cm³/mol. The van der Waals surface area contributed by atoms with Crippen LogP contribution in [0.4, 0.5) is 35.5 Å². The molecule has 2 aromatic carbocycles. The highest BCUT2D eigenvalue weighted by molar-refractivity contribution is 5.79. The van der Waals surface area contributed by atoms with Crippen molar-refractivity contribution in [3.63, 3.8) is 0 Å². The molecule has 0 saturated carbocycles. The number of phenolic OH excluding ortho intramolecular Hbond substituents is 5. The first-order valence-corrected chi connectivity index (χ1v) is 16.3. The highest BCUT2D eigenvalue weighted by Gasteiger charge is 2.80. The van der Waals surface area contributed by atoms with Crippen LogP contribution in [0.15, 0.2) is 0 Å². The Morgan fingerprint density at radius 1 is 0.737 bits per heavy atom. The van der Waals surface area contributed by atoms with Crippen molar-refractivity contribution in [1.29, 1.82) is 0 Å². The van der Waals surface area contributed by atoms with Gasteiger partial charge in [0.2, 0.25) is 17.4 Å². The monoisotopic (exact) mass is 836 g/mol. The van der Waals surface area contributed by atoms with E-state index in [0.717, 1.165) is 25.7 Å². The Balaban J connectivity index is 2.12. The predicted octanol–water partition coefficient (Wildman–Crippen LogP) is -0.0112. The van der Waals surface area contributed by atoms with Gasteiger partial charge in [0.05, 0.1) is 11.1 Å². The zero-order valence-corrected chi connectivity index (χ0v) is 30.5. The molecular weight excluding hydrogens is 797 g/mol. The van der Waals surface area contributed by atoms with Gasteiger partial charge in [0.25, 0.3) is 5.91 Å². The first kappa shape index (κ1) is 45.1. The van der Waals surface area contributed by atoms with Crippen molar-refractivity contribution in [2.24, 2.45) is 0 Å². The maximum Gasteiger partial charge on any atom is 0.423 e. The molecule has 2 aromatic rings. The molecule has 2 aliphatic heterocycles. The van der Waals surface area contributed by atoms with Crippen LogP contribution in [0, 0.1) is 19.7 Å². The molecule has 18 nitrogen and oxygen atoms in total. The summed E-state index contributed by atoms with van der Waals surface area (Å²) < 4.78 is 98.9. The molecule has 0 radical (unpaired) electrons. The molecule has 2 heterocycles. The Morgan fingerprint density at radius 3 is 1.56 bits per heavy atom. The number of rotatable bonds is 4. The average molecular weight is 837 g/mol. The quantitative estimate of drug-likeness (QED) is 0.110. The van der Waals surface area contributed by atoms with Gasteiger partial charge in [0.15, 0.2) is 28.6 Å². The molecule has 4 unspecified atom stereocenters. The number of hydrogen-bond donors (Lipinski definition) is 12. The van der Waals surface area contributed by atoms with E-state index in [4.69, 9.17) is 0 Å². The number of alkyl halides is 6. The maximum atomic E-state index is 15.0. The van der Waals surface area contributed by atoms with Crippen LogP contribution in [0.1, 0.15) is 54.2 Å². The Hall–Kier alpha value is -4.63. The fourth-order valence-corrected chi connectivity index (χ4v) is 7.41. The third-order valence-electron chi connectivity index (χ3n) is 10.7. The smallest absolute Gasteiger partial charge is 0.423 e. The van der Waals surface area contributed by atoms with Crippen LogP contribution < -0.4 is 0 Å². The number of amides is 3. The number of likely N-dealkylation sites (tertiary alicyclic amines) is 1. The molecule has 2 saturated heterocycles. The maximum absolute atomic E-state index is 15.0. The largest absolute Gasteiger partial charge is 0.507 e. The number of hydrogen-bond acceptors (Lipinski definition) is 15. The number of phenols is 5. The number of nitrogens with zero attached hydrogens (tertiary/aromatic N) is 4. The number of carbonyl (C=O) groups is 2. The molecule has 2 fully saturated rings. The molecule has 320 valence electrons. The fraction of sp³-hybridized carbons (Fsp3) is 0.562. The standard InChI is InChI=1S/C32H39F7N4O14/c1-11-12(2)18(33)23(49)22(48)14(11)28(53)29(54,55)24(42-9-7-41(8-10-42)13(3)44)26(4,51)32(56,57)43(28)25(50)40(6)27(5,52)15-19(45)16(30(34,35)36)21(47)17(20(15)46)31(37,38)39/h24,45-49,51-57H,7-10H2,1-6H3. The molecule has 0 aromatic heterocycles. The Labute approximate surface area is 316 Å². The van der Waals surface area contributed by atoms with Gasteiger partial charge in [0.1, 0.15) is 34.4 Å². The van der Waals surface area contributed by atoms with E-state index in [9.17, 15) is 102 Å². The van der Waals surface area contributed by atoms with Crippen LogP contribution in [0.5, 0.6) is 28.7 Å². The van der Waals surface area contributed by atoms with Crippen LogP contribution in [-0.2, 0) is 28.6 Å². The summed E-state index contributed by atoms with van der Waals surface area (Å²) in [6, 6.07) is -5.25. The molecule has 3 amide bonds. The number of aromatic hydroxyl groups is 5. The van der Waals surface area contributed by atoms with Crippen molar-refractivity contribution in [1.82, 2.24) is 19.6 Å². The summed E-state index contributed by atoms with van der Waals surface area (Å²) in [7, 11) is 0.212. The van der Waals surface area contributed by atoms with Crippen molar-refractivity contribution in [2.75, 3.05) is 33.2 Å². The topological polar surface area (TPSA) is 290 Å². The summed E-state index contributed by atoms with van der Waals surface area (Å²) in [5.41, 5.74) is -23.3. The molecule has 0 aliphatic carbocycles. The molecule has 25 heteroatoms. The minimum atomic E-state index is -6.09. The molecule has 2 aliphatic rings. The lowest BCUT2D eigenvalue weighted by Gasteiger charge is -2.65. The van der Waals surface area contributed by atoms with Crippen LogP contribution in [0.2, 0.25) is 0 Å². The third kappa shape index (κ3) is 6.27. The van der Waals surface area contributed by atoms with E-state index in [0.29, 0.717) is 6.92 Å². The third-order valence-corrected chi connectivity index (χ3v) is 10.7. The van der Waals surface area contributed by atoms with Gasteiger partial charge in [-0.3, -0.25) is 14.6 Å². The van der Waals surface area contributed by atoms with E-state index in [2.05, 4.69) is 0 Å². The van der Waals surface area contributed by atoms with Gasteiger partial charge in [-0.1, -0.05) is 0 Å². The van der Waals surface area contributed by atoms with Crippen molar-refractivity contribution in [3.05, 3.63) is 39.2 Å². The van der Waals surface area contributed by atoms with Gasteiger partial charge in [-0.15, -0.1) is 0 Å². The summed E-state index contributed by atoms with van der Waals surface area (Å²) in [5.74, 6) is -22.5. The second-order valence-corrected chi connectivity index (χ2v) is 14.1. The van der Waals surface area contributed by atoms with E-state index >= 15 is 0 Å². The zero-order valence-electron chi connectivity index (χ0n) is 30.5. The number of urea groups is 1. The Kier molecular flexibility index (Phi) is 10.7. The van der Waals surface area contributed by atoms with E-state index in [1.807, 2.05) is 0 Å². The molecule has 4 atom stereocenters. The molecule has 12 N–H and O–H groups in total. The van der Waals surface area contributed by atoms with Gasteiger partial charge < -0.3 is 66.2 Å². The SMILES string of the molecule is CC(=O)N1CCN(C2C(C)(O)C(O)(O)N(C(=O)N(C)C(C)(O)c3c(O)c(C(F)(F)F)c(O)c(C(F)(F)F)c3O)C(O)(c3c(C)c(C)c(F)c(O)c3O)C2(O)O)CC1. The summed E-state index contributed by atoms with van der Waals surface area (Å²) in [6.07, 6.45) is -12.2. The van der Waals surface area contributed by atoms with Crippen molar-refractivity contribution >= 4 is 11.9 Å². The van der Waals surface area contributed by atoms with E-state index in [1.54, 1.807) is 0 Å². The average Bonchev–Trinajstić information content (AvgIpc) is 3.03. The van der Waals surface area contributed by atoms with Gasteiger partial charge in [-0.2, -0.15) is 26.3 Å². The molecule has 0 bridgehead atoms. The molecule has 4 rings (SSSR count). The number of benzene rings is 2. The van der Waals surface area contributed by atoms with Gasteiger partial charge in [-0.05, 0) is 38.8 Å². The van der Waals surface area contributed by atoms with E-state index in [-0.39, 0.29) is 27.1 Å². The summed E-state index contributed by atoms with van der Waals surface area (Å²) in [5, 5.41) is 136. The zero-order chi connectivity index (χ0) is 44.3. The van der Waals surface area contributed by atoms with Crippen LogP contribution in [0.3, 0.4) is 0 Å². The minimum Gasteiger partial charge on any atom is -0.507 e. The fourth-order valence-electron chi connectivity index (χ4n) is 7.41. The van der Waals surface area contributed by atoms with Gasteiger partial charge in [-0.25, -0.2) is 14.1 Å². The number of piperazine rings is 1. The number of halogens is 7. The van der Waals surface area contributed by atoms with Gasteiger partial charge in [0, 0.05) is 40.2 Å². The molecule has 57 heavy (non-hydrogen) atoms. The molecular formula is C32H39F7N4O14. The normalized spacial score (nSPS) is 25.3. The first-order chi connectivity index (χ1) is 25.5. The van der Waals surface area contributed by atoms with Gasteiger partial charge >= 0.3 is 18.4 Å². The number of aliphatic hydroxyl groups is 7. The second kappa shape index (κ2) is 13.5. The Morgan fingerprint density at radius 2 is 1.16 bits per heavy atom. The second-order valence-electron chi connectivity index (χ2n) is 14.1.